The normalized spacial score (nSPS) is 10.5. The third-order valence-electron chi connectivity index (χ3n) is 2.60. The molecule has 1 rings (SSSR count). The number of benzene rings is 1. The molecule has 0 saturated heterocycles. The third-order valence-corrected chi connectivity index (χ3v) is 2.95. The first-order valence-corrected chi connectivity index (χ1v) is 6.17. The maximum Gasteiger partial charge on any atom is 0.137 e. The number of carbonyl (C=O) groups is 1. The van der Waals surface area contributed by atoms with Gasteiger partial charge in [-0.3, -0.25) is 4.79 Å². The van der Waals surface area contributed by atoms with Crippen LogP contribution in [0.4, 0.5) is 4.39 Å². The van der Waals surface area contributed by atoms with Crippen molar-refractivity contribution < 1.29 is 9.18 Å². The van der Waals surface area contributed by atoms with Crippen LogP contribution in [0.3, 0.4) is 0 Å². The molecular formula is C13H17ClFNO. The van der Waals surface area contributed by atoms with Crippen LogP contribution >= 0.6 is 11.6 Å². The molecule has 0 aromatic heterocycles. The molecule has 0 amide bonds. The second-order valence-electron chi connectivity index (χ2n) is 4.01. The highest BCUT2D eigenvalue weighted by Crippen LogP contribution is 2.20. The molecule has 0 spiro atoms. The number of rotatable bonds is 7. The molecule has 0 fully saturated rings. The third kappa shape index (κ3) is 4.84. The summed E-state index contributed by atoms with van der Waals surface area (Å²) in [4.78, 5) is 11.6. The van der Waals surface area contributed by atoms with Crippen LogP contribution in [0.1, 0.15) is 31.2 Å². The van der Waals surface area contributed by atoms with Crippen LogP contribution in [0.5, 0.6) is 0 Å². The van der Waals surface area contributed by atoms with E-state index in [4.69, 9.17) is 17.3 Å². The lowest BCUT2D eigenvalue weighted by Crippen LogP contribution is -2.06. The van der Waals surface area contributed by atoms with E-state index >= 15 is 0 Å². The van der Waals surface area contributed by atoms with Gasteiger partial charge in [0.05, 0.1) is 0 Å². The van der Waals surface area contributed by atoms with Gasteiger partial charge in [0.2, 0.25) is 0 Å². The van der Waals surface area contributed by atoms with Crippen molar-refractivity contribution in [2.75, 3.05) is 6.54 Å². The van der Waals surface area contributed by atoms with Crippen LogP contribution < -0.4 is 5.73 Å². The van der Waals surface area contributed by atoms with Gasteiger partial charge in [-0.2, -0.15) is 0 Å². The van der Waals surface area contributed by atoms with E-state index in [9.17, 15) is 9.18 Å². The predicted octanol–water partition coefficient (Wildman–Crippen LogP) is 3.11. The number of ketones is 1. The van der Waals surface area contributed by atoms with Crippen LogP contribution in [0.2, 0.25) is 5.02 Å². The van der Waals surface area contributed by atoms with Crippen molar-refractivity contribution in [1.82, 2.24) is 0 Å². The molecule has 0 bridgehead atoms. The Bertz CT molecular complexity index is 361. The van der Waals surface area contributed by atoms with Gasteiger partial charge in [0.1, 0.15) is 11.6 Å². The van der Waals surface area contributed by atoms with Crippen molar-refractivity contribution in [3.05, 3.63) is 34.6 Å². The summed E-state index contributed by atoms with van der Waals surface area (Å²) in [5, 5.41) is 0.320. The second kappa shape index (κ2) is 7.41. The molecule has 0 aliphatic rings. The number of unbranched alkanes of at least 4 members (excludes halogenated alkanes) is 2. The minimum absolute atomic E-state index is 0.0222. The highest BCUT2D eigenvalue weighted by molar-refractivity contribution is 6.31. The molecule has 2 nitrogen and oxygen atoms in total. The summed E-state index contributed by atoms with van der Waals surface area (Å²) in [6.45, 7) is 0.646. The molecular weight excluding hydrogens is 241 g/mol. The van der Waals surface area contributed by atoms with Crippen molar-refractivity contribution in [3.63, 3.8) is 0 Å². The SMILES string of the molecule is NCCCCCC(=O)Cc1c(F)cccc1Cl. The number of halogens is 2. The lowest BCUT2D eigenvalue weighted by Gasteiger charge is -2.05. The van der Waals surface area contributed by atoms with Crippen molar-refractivity contribution in [2.24, 2.45) is 5.73 Å². The van der Waals surface area contributed by atoms with Crippen molar-refractivity contribution in [2.45, 2.75) is 32.1 Å². The number of nitrogens with two attached hydrogens (primary N) is 1. The molecule has 0 atom stereocenters. The van der Waals surface area contributed by atoms with E-state index in [0.717, 1.165) is 19.3 Å². The van der Waals surface area contributed by atoms with Crippen LogP contribution in [-0.4, -0.2) is 12.3 Å². The largest absolute Gasteiger partial charge is 0.330 e. The molecule has 2 N–H and O–H groups in total. The highest BCUT2D eigenvalue weighted by atomic mass is 35.5. The molecule has 0 heterocycles. The van der Waals surface area contributed by atoms with Crippen molar-refractivity contribution >= 4 is 17.4 Å². The topological polar surface area (TPSA) is 43.1 Å². The smallest absolute Gasteiger partial charge is 0.137 e. The first kappa shape index (κ1) is 14.1. The number of Topliss-reactive ketones (excluding diaryl/α,β-unsaturated/α-hetero) is 1. The zero-order valence-electron chi connectivity index (χ0n) is 9.72. The lowest BCUT2D eigenvalue weighted by atomic mass is 10.0. The summed E-state index contributed by atoms with van der Waals surface area (Å²) < 4.78 is 13.4. The monoisotopic (exact) mass is 257 g/mol. The minimum Gasteiger partial charge on any atom is -0.330 e. The van der Waals surface area contributed by atoms with E-state index in [-0.39, 0.29) is 12.2 Å². The van der Waals surface area contributed by atoms with E-state index in [2.05, 4.69) is 0 Å². The van der Waals surface area contributed by atoms with E-state index in [0.29, 0.717) is 23.6 Å². The summed E-state index contributed by atoms with van der Waals surface area (Å²) in [6.07, 6.45) is 3.21. The number of carbonyl (C=O) groups excluding carboxylic acids is 1. The van der Waals surface area contributed by atoms with Gasteiger partial charge >= 0.3 is 0 Å². The first-order chi connectivity index (χ1) is 8.15. The Labute approximate surface area is 106 Å². The maximum absolute atomic E-state index is 13.4. The number of hydrogen-bond acceptors (Lipinski definition) is 2. The average Bonchev–Trinajstić information content (AvgIpc) is 2.30. The molecule has 1 aromatic carbocycles. The molecule has 0 aliphatic carbocycles. The zero-order chi connectivity index (χ0) is 12.7. The molecule has 17 heavy (non-hydrogen) atoms. The fourth-order valence-corrected chi connectivity index (χ4v) is 1.86. The fourth-order valence-electron chi connectivity index (χ4n) is 1.63. The average molecular weight is 258 g/mol. The Kier molecular flexibility index (Phi) is 6.16. The Morgan fingerprint density at radius 3 is 2.71 bits per heavy atom. The summed E-state index contributed by atoms with van der Waals surface area (Å²) in [7, 11) is 0. The first-order valence-electron chi connectivity index (χ1n) is 5.80. The van der Waals surface area contributed by atoms with Crippen LogP contribution in [0.15, 0.2) is 18.2 Å². The van der Waals surface area contributed by atoms with Gasteiger partial charge in [-0.05, 0) is 31.5 Å². The van der Waals surface area contributed by atoms with Gasteiger partial charge in [-0.25, -0.2) is 4.39 Å². The fraction of sp³-hybridized carbons (Fsp3) is 0.462. The van der Waals surface area contributed by atoms with E-state index in [1.165, 1.54) is 12.1 Å². The standard InChI is InChI=1S/C13H17ClFNO/c14-12-6-4-7-13(15)11(12)9-10(17)5-2-1-3-8-16/h4,6-7H,1-3,5,8-9,16H2. The van der Waals surface area contributed by atoms with Gasteiger partial charge in [-0.15, -0.1) is 0 Å². The molecule has 0 aliphatic heterocycles. The molecule has 0 saturated carbocycles. The summed E-state index contributed by atoms with van der Waals surface area (Å²) in [5.74, 6) is -0.387. The number of hydrogen-bond donors (Lipinski definition) is 1. The highest BCUT2D eigenvalue weighted by Gasteiger charge is 2.11. The summed E-state index contributed by atoms with van der Waals surface area (Å²) >= 11 is 5.85. The molecule has 4 heteroatoms. The predicted molar refractivity (Wildman–Crippen MR) is 67.6 cm³/mol. The second-order valence-corrected chi connectivity index (χ2v) is 4.42. The summed E-state index contributed by atoms with van der Waals surface area (Å²) in [5.41, 5.74) is 5.66. The zero-order valence-corrected chi connectivity index (χ0v) is 10.5. The molecule has 1 aromatic rings. The molecule has 0 radical (unpaired) electrons. The van der Waals surface area contributed by atoms with Crippen LogP contribution in [-0.2, 0) is 11.2 Å². The van der Waals surface area contributed by atoms with Gasteiger partial charge in [0.25, 0.3) is 0 Å². The van der Waals surface area contributed by atoms with Crippen LogP contribution in [0.25, 0.3) is 0 Å². The van der Waals surface area contributed by atoms with E-state index in [1.54, 1.807) is 6.07 Å². The van der Waals surface area contributed by atoms with Crippen LogP contribution in [0, 0.1) is 5.82 Å². The van der Waals surface area contributed by atoms with Crippen molar-refractivity contribution in [3.8, 4) is 0 Å². The van der Waals surface area contributed by atoms with E-state index in [1.807, 2.05) is 0 Å². The Hall–Kier alpha value is -0.930. The lowest BCUT2D eigenvalue weighted by molar-refractivity contribution is -0.118. The Morgan fingerprint density at radius 1 is 1.29 bits per heavy atom. The Balaban J connectivity index is 2.45. The van der Waals surface area contributed by atoms with Crippen molar-refractivity contribution in [1.29, 1.82) is 0 Å². The Morgan fingerprint density at radius 2 is 2.06 bits per heavy atom. The molecule has 0 unspecified atom stereocenters. The quantitative estimate of drug-likeness (QED) is 0.763. The minimum atomic E-state index is -0.409. The van der Waals surface area contributed by atoms with Gasteiger partial charge in [-0.1, -0.05) is 24.1 Å². The van der Waals surface area contributed by atoms with Gasteiger partial charge in [0.15, 0.2) is 0 Å². The van der Waals surface area contributed by atoms with Gasteiger partial charge in [0, 0.05) is 23.4 Å². The summed E-state index contributed by atoms with van der Waals surface area (Å²) in [6, 6.07) is 4.46. The molecule has 94 valence electrons. The van der Waals surface area contributed by atoms with E-state index < -0.39 is 5.82 Å². The maximum atomic E-state index is 13.4. The van der Waals surface area contributed by atoms with Gasteiger partial charge < -0.3 is 5.73 Å².